The molecule has 2 aliphatic rings. The summed E-state index contributed by atoms with van der Waals surface area (Å²) in [5.74, 6) is -0.0712. The first-order chi connectivity index (χ1) is 12.2. The van der Waals surface area contributed by atoms with Crippen molar-refractivity contribution in [3.05, 3.63) is 35.9 Å². The lowest BCUT2D eigenvalue weighted by Gasteiger charge is -2.42. The Hall–Kier alpha value is -1.43. The summed E-state index contributed by atoms with van der Waals surface area (Å²) in [5.41, 5.74) is 7.19. The molecule has 25 heavy (non-hydrogen) atoms. The Morgan fingerprint density at radius 1 is 1.16 bits per heavy atom. The number of benzene rings is 1. The first-order valence-electron chi connectivity index (χ1n) is 9.57. The number of hydrogen-bond acceptors (Lipinski definition) is 4. The zero-order valence-electron chi connectivity index (χ0n) is 15.1. The number of nitrogens with one attached hydrogen (secondary N) is 1. The molecule has 1 aliphatic heterocycles. The summed E-state index contributed by atoms with van der Waals surface area (Å²) in [6.45, 7) is 5.42. The molecule has 1 aromatic rings. The first-order valence-corrected chi connectivity index (χ1v) is 9.57. The Kier molecular flexibility index (Phi) is 6.45. The van der Waals surface area contributed by atoms with Gasteiger partial charge in [0, 0.05) is 31.6 Å². The molecule has 0 aromatic heterocycles. The number of carbonyl (C=O) groups excluding carboxylic acids is 1. The van der Waals surface area contributed by atoms with Crippen molar-refractivity contribution in [2.75, 3.05) is 39.4 Å². The van der Waals surface area contributed by atoms with Gasteiger partial charge in [-0.3, -0.25) is 9.69 Å². The summed E-state index contributed by atoms with van der Waals surface area (Å²) in [7, 11) is 0. The quantitative estimate of drug-likeness (QED) is 0.828. The monoisotopic (exact) mass is 345 g/mol. The molecule has 3 N–H and O–H groups in total. The van der Waals surface area contributed by atoms with Crippen LogP contribution in [-0.2, 0) is 9.53 Å². The van der Waals surface area contributed by atoms with Gasteiger partial charge in [0.2, 0.25) is 5.91 Å². The van der Waals surface area contributed by atoms with E-state index in [0.29, 0.717) is 0 Å². The van der Waals surface area contributed by atoms with Gasteiger partial charge in [-0.05, 0) is 18.4 Å². The minimum atomic E-state index is -0.592. The van der Waals surface area contributed by atoms with E-state index in [9.17, 15) is 4.79 Å². The van der Waals surface area contributed by atoms with Crippen LogP contribution in [0.15, 0.2) is 30.3 Å². The third-order valence-corrected chi connectivity index (χ3v) is 5.66. The third kappa shape index (κ3) is 5.03. The summed E-state index contributed by atoms with van der Waals surface area (Å²) in [6.07, 6.45) is 6.19. The van der Waals surface area contributed by atoms with Crippen LogP contribution in [0.1, 0.15) is 43.7 Å². The second-order valence-electron chi connectivity index (χ2n) is 7.56. The van der Waals surface area contributed by atoms with E-state index >= 15 is 0 Å². The maximum Gasteiger partial charge on any atom is 0.241 e. The molecule has 1 saturated carbocycles. The molecular formula is C20H31N3O2. The van der Waals surface area contributed by atoms with Gasteiger partial charge in [0.15, 0.2) is 0 Å². The second-order valence-corrected chi connectivity index (χ2v) is 7.56. The van der Waals surface area contributed by atoms with Crippen LogP contribution in [0.2, 0.25) is 0 Å². The highest BCUT2D eigenvalue weighted by Crippen LogP contribution is 2.37. The number of nitrogens with zero attached hydrogens (tertiary/aromatic N) is 1. The Bertz CT molecular complexity index is 537. The zero-order valence-corrected chi connectivity index (χ0v) is 15.1. The minimum Gasteiger partial charge on any atom is -0.379 e. The van der Waals surface area contributed by atoms with Crippen LogP contribution < -0.4 is 11.1 Å². The molecule has 5 heteroatoms. The van der Waals surface area contributed by atoms with E-state index in [4.69, 9.17) is 10.5 Å². The average molecular weight is 345 g/mol. The van der Waals surface area contributed by atoms with Crippen LogP contribution in [-0.4, -0.2) is 50.2 Å². The lowest BCUT2D eigenvalue weighted by Crippen LogP contribution is -2.50. The van der Waals surface area contributed by atoms with Crippen molar-refractivity contribution in [1.29, 1.82) is 0 Å². The van der Waals surface area contributed by atoms with E-state index in [1.807, 2.05) is 30.3 Å². The highest BCUT2D eigenvalue weighted by atomic mass is 16.5. The second kappa shape index (κ2) is 8.79. The van der Waals surface area contributed by atoms with Crippen LogP contribution in [0, 0.1) is 5.41 Å². The fourth-order valence-corrected chi connectivity index (χ4v) is 4.12. The summed E-state index contributed by atoms with van der Waals surface area (Å²) in [5, 5.41) is 3.16. The molecule has 1 heterocycles. The number of amides is 1. The van der Waals surface area contributed by atoms with Crippen LogP contribution in [0.4, 0.5) is 0 Å². The zero-order chi connectivity index (χ0) is 17.5. The molecule has 1 unspecified atom stereocenters. The van der Waals surface area contributed by atoms with Crippen LogP contribution >= 0.6 is 0 Å². The van der Waals surface area contributed by atoms with Crippen molar-refractivity contribution in [2.45, 2.75) is 38.1 Å². The van der Waals surface area contributed by atoms with Gasteiger partial charge >= 0.3 is 0 Å². The van der Waals surface area contributed by atoms with Gasteiger partial charge in [-0.2, -0.15) is 0 Å². The van der Waals surface area contributed by atoms with Gasteiger partial charge in [0.05, 0.1) is 13.2 Å². The molecule has 0 bridgehead atoms. The molecule has 3 rings (SSSR count). The summed E-state index contributed by atoms with van der Waals surface area (Å²) in [6, 6.07) is 9.01. The van der Waals surface area contributed by atoms with Crippen LogP contribution in [0.3, 0.4) is 0 Å². The third-order valence-electron chi connectivity index (χ3n) is 5.66. The van der Waals surface area contributed by atoms with Crippen molar-refractivity contribution >= 4 is 5.91 Å². The molecule has 0 spiro atoms. The molecule has 1 aliphatic carbocycles. The van der Waals surface area contributed by atoms with Crippen molar-refractivity contribution in [3.8, 4) is 0 Å². The number of carbonyl (C=O) groups is 1. The fourth-order valence-electron chi connectivity index (χ4n) is 4.12. The highest BCUT2D eigenvalue weighted by Gasteiger charge is 2.35. The van der Waals surface area contributed by atoms with Crippen LogP contribution in [0.25, 0.3) is 0 Å². The van der Waals surface area contributed by atoms with E-state index in [-0.39, 0.29) is 11.3 Å². The molecule has 1 aromatic carbocycles. The molecule has 0 radical (unpaired) electrons. The average Bonchev–Trinajstić information content (AvgIpc) is 2.68. The first kappa shape index (κ1) is 18.4. The van der Waals surface area contributed by atoms with E-state index in [2.05, 4.69) is 10.2 Å². The molecule has 138 valence electrons. The molecule has 1 atom stereocenters. The standard InChI is InChI=1S/C20H31N3O2/c21-18(17-7-3-1-4-8-17)19(24)22-15-20(9-5-2-6-10-20)16-23-11-13-25-14-12-23/h1,3-4,7-8,18H,2,5-6,9-16,21H2,(H,22,24). The Balaban J connectivity index is 1.59. The summed E-state index contributed by atoms with van der Waals surface area (Å²) >= 11 is 0. The van der Waals surface area contributed by atoms with E-state index in [0.717, 1.165) is 45.0 Å². The summed E-state index contributed by atoms with van der Waals surface area (Å²) in [4.78, 5) is 15.0. The Morgan fingerprint density at radius 2 is 1.84 bits per heavy atom. The van der Waals surface area contributed by atoms with E-state index in [1.165, 1.54) is 32.1 Å². The number of nitrogens with two attached hydrogens (primary N) is 1. The van der Waals surface area contributed by atoms with Crippen LogP contribution in [0.5, 0.6) is 0 Å². The van der Waals surface area contributed by atoms with E-state index < -0.39 is 6.04 Å². The molecule has 1 saturated heterocycles. The lowest BCUT2D eigenvalue weighted by molar-refractivity contribution is -0.123. The van der Waals surface area contributed by atoms with Crippen molar-refractivity contribution in [1.82, 2.24) is 10.2 Å². The lowest BCUT2D eigenvalue weighted by atomic mass is 9.73. The smallest absolute Gasteiger partial charge is 0.241 e. The van der Waals surface area contributed by atoms with Gasteiger partial charge in [-0.15, -0.1) is 0 Å². The number of rotatable bonds is 6. The highest BCUT2D eigenvalue weighted by molar-refractivity contribution is 5.82. The van der Waals surface area contributed by atoms with Gasteiger partial charge in [-0.25, -0.2) is 0 Å². The molecular weight excluding hydrogens is 314 g/mol. The normalized spacial score (nSPS) is 22.3. The van der Waals surface area contributed by atoms with E-state index in [1.54, 1.807) is 0 Å². The van der Waals surface area contributed by atoms with Gasteiger partial charge in [-0.1, -0.05) is 49.6 Å². The topological polar surface area (TPSA) is 67.6 Å². The Morgan fingerprint density at radius 3 is 2.52 bits per heavy atom. The predicted molar refractivity (Wildman–Crippen MR) is 99.2 cm³/mol. The van der Waals surface area contributed by atoms with Crippen molar-refractivity contribution in [2.24, 2.45) is 11.1 Å². The van der Waals surface area contributed by atoms with Gasteiger partial charge in [0.25, 0.3) is 0 Å². The SMILES string of the molecule is NC(C(=O)NCC1(CN2CCOCC2)CCCCC1)c1ccccc1. The maximum absolute atomic E-state index is 12.6. The summed E-state index contributed by atoms with van der Waals surface area (Å²) < 4.78 is 5.47. The maximum atomic E-state index is 12.6. The molecule has 1 amide bonds. The predicted octanol–water partition coefficient (Wildman–Crippen LogP) is 2.09. The number of morpholine rings is 1. The molecule has 5 nitrogen and oxygen atoms in total. The fraction of sp³-hybridized carbons (Fsp3) is 0.650. The number of hydrogen-bond donors (Lipinski definition) is 2. The van der Waals surface area contributed by atoms with Gasteiger partial charge < -0.3 is 15.8 Å². The Labute approximate surface area is 150 Å². The minimum absolute atomic E-state index is 0.0712. The van der Waals surface area contributed by atoms with Crippen molar-refractivity contribution in [3.63, 3.8) is 0 Å². The van der Waals surface area contributed by atoms with Gasteiger partial charge in [0.1, 0.15) is 6.04 Å². The molecule has 2 fully saturated rings. The number of ether oxygens (including phenoxy) is 1. The van der Waals surface area contributed by atoms with Crippen molar-refractivity contribution < 1.29 is 9.53 Å². The largest absolute Gasteiger partial charge is 0.379 e.